The summed E-state index contributed by atoms with van der Waals surface area (Å²) in [6.07, 6.45) is 1.97. The average molecular weight is 296 g/mol. The zero-order valence-corrected chi connectivity index (χ0v) is 10.5. The molecule has 2 rings (SSSR count). The Morgan fingerprint density at radius 2 is 2.12 bits per heavy atom. The molecule has 0 spiro atoms. The fraction of sp³-hybridized carbons (Fsp3) is 0.200. The van der Waals surface area contributed by atoms with Gasteiger partial charge in [-0.25, -0.2) is 4.68 Å². The molecule has 17 heavy (non-hydrogen) atoms. The van der Waals surface area contributed by atoms with Gasteiger partial charge in [-0.15, -0.1) is 5.10 Å². The van der Waals surface area contributed by atoms with Crippen LogP contribution in [-0.4, -0.2) is 31.4 Å². The molecule has 0 radical (unpaired) electrons. The number of hydrogen-bond acceptors (Lipinski definition) is 4. The number of anilines is 1. The summed E-state index contributed by atoms with van der Waals surface area (Å²) in [5.74, 6) is -0.0166. The highest BCUT2D eigenvalue weighted by Crippen LogP contribution is 2.12. The van der Waals surface area contributed by atoms with Gasteiger partial charge in [-0.3, -0.25) is 4.79 Å². The van der Waals surface area contributed by atoms with Crippen LogP contribution in [0.25, 0.3) is 5.69 Å². The molecule has 0 fully saturated rings. The van der Waals surface area contributed by atoms with Crippen molar-refractivity contribution >= 4 is 27.5 Å². The van der Waals surface area contributed by atoms with E-state index < -0.39 is 0 Å². The standard InChI is InChI=1S/C10H10BrN5O/c11-6-5-10(17)13-8-1-3-9(4-2-8)16-7-12-14-15-16/h1-4,7H,5-6H2,(H,13,17). The minimum atomic E-state index is -0.0166. The second kappa shape index (κ2) is 5.53. The van der Waals surface area contributed by atoms with Crippen molar-refractivity contribution in [3.8, 4) is 5.69 Å². The van der Waals surface area contributed by atoms with Crippen LogP contribution in [0, 0.1) is 0 Å². The topological polar surface area (TPSA) is 72.7 Å². The lowest BCUT2D eigenvalue weighted by atomic mass is 10.2. The van der Waals surface area contributed by atoms with E-state index in [9.17, 15) is 4.79 Å². The van der Waals surface area contributed by atoms with Gasteiger partial charge in [0.2, 0.25) is 5.91 Å². The highest BCUT2D eigenvalue weighted by molar-refractivity contribution is 9.09. The van der Waals surface area contributed by atoms with Crippen molar-refractivity contribution in [1.82, 2.24) is 20.2 Å². The summed E-state index contributed by atoms with van der Waals surface area (Å²) in [6.45, 7) is 0. The molecule has 0 saturated carbocycles. The molecular formula is C10H10BrN5O. The zero-order chi connectivity index (χ0) is 12.1. The van der Waals surface area contributed by atoms with Crippen molar-refractivity contribution in [1.29, 1.82) is 0 Å². The van der Waals surface area contributed by atoms with Crippen molar-refractivity contribution in [3.05, 3.63) is 30.6 Å². The summed E-state index contributed by atoms with van der Waals surface area (Å²) >= 11 is 3.21. The van der Waals surface area contributed by atoms with Gasteiger partial charge in [0.1, 0.15) is 6.33 Å². The van der Waals surface area contributed by atoms with Gasteiger partial charge in [0, 0.05) is 17.4 Å². The number of benzene rings is 1. The first-order chi connectivity index (χ1) is 8.29. The number of alkyl halides is 1. The first-order valence-electron chi connectivity index (χ1n) is 4.99. The lowest BCUT2D eigenvalue weighted by molar-refractivity contribution is -0.115. The number of halogens is 1. The Morgan fingerprint density at radius 3 is 2.71 bits per heavy atom. The van der Waals surface area contributed by atoms with Crippen LogP contribution in [-0.2, 0) is 4.79 Å². The van der Waals surface area contributed by atoms with Gasteiger partial charge in [0.15, 0.2) is 0 Å². The van der Waals surface area contributed by atoms with Crippen LogP contribution in [0.15, 0.2) is 30.6 Å². The molecule has 7 heteroatoms. The molecule has 0 aliphatic rings. The molecule has 0 bridgehead atoms. The van der Waals surface area contributed by atoms with Gasteiger partial charge < -0.3 is 5.32 Å². The number of nitrogens with one attached hydrogen (secondary N) is 1. The number of rotatable bonds is 4. The van der Waals surface area contributed by atoms with E-state index in [1.807, 2.05) is 24.3 Å². The second-order valence-corrected chi connectivity index (χ2v) is 4.08. The lowest BCUT2D eigenvalue weighted by Crippen LogP contribution is -2.11. The zero-order valence-electron chi connectivity index (χ0n) is 8.88. The van der Waals surface area contributed by atoms with Crippen LogP contribution < -0.4 is 5.32 Å². The maximum absolute atomic E-state index is 11.3. The summed E-state index contributed by atoms with van der Waals surface area (Å²) in [4.78, 5) is 11.3. The largest absolute Gasteiger partial charge is 0.326 e. The minimum absolute atomic E-state index is 0.0166. The molecule has 1 heterocycles. The van der Waals surface area contributed by atoms with Gasteiger partial charge in [-0.1, -0.05) is 15.9 Å². The Labute approximate surface area is 106 Å². The molecule has 1 aromatic heterocycles. The third-order valence-corrected chi connectivity index (χ3v) is 2.48. The number of carbonyl (C=O) groups excluding carboxylic acids is 1. The number of aromatic nitrogens is 4. The smallest absolute Gasteiger partial charge is 0.225 e. The van der Waals surface area contributed by atoms with Gasteiger partial charge in [-0.2, -0.15) is 0 Å². The van der Waals surface area contributed by atoms with E-state index in [1.54, 1.807) is 4.68 Å². The molecule has 1 aromatic carbocycles. The van der Waals surface area contributed by atoms with Gasteiger partial charge in [0.25, 0.3) is 0 Å². The van der Waals surface area contributed by atoms with Gasteiger partial charge in [0.05, 0.1) is 5.69 Å². The summed E-state index contributed by atoms with van der Waals surface area (Å²) in [6, 6.07) is 7.28. The normalized spacial score (nSPS) is 10.2. The quantitative estimate of drug-likeness (QED) is 0.865. The van der Waals surface area contributed by atoms with Crippen LogP contribution in [0.4, 0.5) is 5.69 Å². The summed E-state index contributed by atoms with van der Waals surface area (Å²) in [7, 11) is 0. The molecule has 2 aromatic rings. The monoisotopic (exact) mass is 295 g/mol. The highest BCUT2D eigenvalue weighted by atomic mass is 79.9. The highest BCUT2D eigenvalue weighted by Gasteiger charge is 2.02. The molecule has 1 N–H and O–H groups in total. The van der Waals surface area contributed by atoms with E-state index in [-0.39, 0.29) is 5.91 Å². The molecule has 0 atom stereocenters. The van der Waals surface area contributed by atoms with Crippen molar-refractivity contribution in [2.45, 2.75) is 6.42 Å². The number of amides is 1. The van der Waals surface area contributed by atoms with E-state index in [0.29, 0.717) is 11.8 Å². The first-order valence-corrected chi connectivity index (χ1v) is 6.11. The van der Waals surface area contributed by atoms with Crippen LogP contribution in [0.5, 0.6) is 0 Å². The predicted molar refractivity (Wildman–Crippen MR) is 66.2 cm³/mol. The molecule has 88 valence electrons. The molecule has 0 saturated heterocycles. The van der Waals surface area contributed by atoms with Crippen LogP contribution in [0.3, 0.4) is 0 Å². The van der Waals surface area contributed by atoms with Crippen LogP contribution in [0.2, 0.25) is 0 Å². The third kappa shape index (κ3) is 3.10. The van der Waals surface area contributed by atoms with Crippen molar-refractivity contribution in [2.75, 3.05) is 10.6 Å². The van der Waals surface area contributed by atoms with E-state index in [2.05, 4.69) is 36.8 Å². The Balaban J connectivity index is 2.06. The van der Waals surface area contributed by atoms with E-state index in [1.165, 1.54) is 6.33 Å². The van der Waals surface area contributed by atoms with E-state index in [0.717, 1.165) is 11.4 Å². The number of carbonyl (C=O) groups is 1. The fourth-order valence-corrected chi connectivity index (χ4v) is 1.65. The molecule has 0 unspecified atom stereocenters. The van der Waals surface area contributed by atoms with E-state index in [4.69, 9.17) is 0 Å². The van der Waals surface area contributed by atoms with E-state index >= 15 is 0 Å². The number of nitrogens with zero attached hydrogens (tertiary/aromatic N) is 4. The third-order valence-electron chi connectivity index (χ3n) is 2.09. The molecule has 0 aliphatic heterocycles. The summed E-state index contributed by atoms with van der Waals surface area (Å²) in [5, 5.41) is 14.3. The number of tetrazole rings is 1. The Hall–Kier alpha value is -1.76. The van der Waals surface area contributed by atoms with Crippen LogP contribution in [0.1, 0.15) is 6.42 Å². The SMILES string of the molecule is O=C(CCBr)Nc1ccc(-n2cnnn2)cc1. The molecule has 0 aliphatic carbocycles. The average Bonchev–Trinajstić information content (AvgIpc) is 2.84. The molecule has 1 amide bonds. The fourth-order valence-electron chi connectivity index (χ4n) is 1.29. The summed E-state index contributed by atoms with van der Waals surface area (Å²) in [5.41, 5.74) is 1.60. The minimum Gasteiger partial charge on any atom is -0.326 e. The van der Waals surface area contributed by atoms with Crippen molar-refractivity contribution in [3.63, 3.8) is 0 Å². The molecule has 6 nitrogen and oxygen atoms in total. The Bertz CT molecular complexity index is 482. The Kier molecular flexibility index (Phi) is 3.81. The molecular weight excluding hydrogens is 286 g/mol. The van der Waals surface area contributed by atoms with Crippen molar-refractivity contribution in [2.24, 2.45) is 0 Å². The Morgan fingerprint density at radius 1 is 1.35 bits per heavy atom. The maximum atomic E-state index is 11.3. The van der Waals surface area contributed by atoms with Crippen LogP contribution >= 0.6 is 15.9 Å². The van der Waals surface area contributed by atoms with Gasteiger partial charge in [-0.05, 0) is 34.7 Å². The summed E-state index contributed by atoms with van der Waals surface area (Å²) < 4.78 is 1.55. The van der Waals surface area contributed by atoms with Gasteiger partial charge >= 0.3 is 0 Å². The lowest BCUT2D eigenvalue weighted by Gasteiger charge is -2.05. The van der Waals surface area contributed by atoms with Crippen molar-refractivity contribution < 1.29 is 4.79 Å². The number of hydrogen-bond donors (Lipinski definition) is 1. The first kappa shape index (κ1) is 11.7. The predicted octanol–water partition coefficient (Wildman–Crippen LogP) is 1.39. The second-order valence-electron chi connectivity index (χ2n) is 3.29. The maximum Gasteiger partial charge on any atom is 0.225 e.